The number of thiophene rings is 1. The Labute approximate surface area is 199 Å². The lowest BCUT2D eigenvalue weighted by molar-refractivity contribution is -0.147. The summed E-state index contributed by atoms with van der Waals surface area (Å²) < 4.78 is 20.4. The Bertz CT molecular complexity index is 1390. The smallest absolute Gasteiger partial charge is 0.306 e. The van der Waals surface area contributed by atoms with Crippen LogP contribution >= 0.6 is 11.3 Å². The first-order valence-electron chi connectivity index (χ1n) is 11.2. The van der Waals surface area contributed by atoms with Crippen molar-refractivity contribution in [3.05, 3.63) is 69.7 Å². The fourth-order valence-corrected chi connectivity index (χ4v) is 5.59. The molecule has 1 fully saturated rings. The van der Waals surface area contributed by atoms with E-state index in [0.29, 0.717) is 30.3 Å². The number of carboxylic acids is 1. The number of carboxylic acid groups (broad SMARTS) is 1. The van der Waals surface area contributed by atoms with Gasteiger partial charge in [0.1, 0.15) is 5.82 Å². The van der Waals surface area contributed by atoms with E-state index in [4.69, 9.17) is 9.63 Å². The van der Waals surface area contributed by atoms with Crippen molar-refractivity contribution in [2.45, 2.75) is 38.9 Å². The number of hydrogen-bond donors (Lipinski definition) is 1. The molecule has 1 aliphatic heterocycles. The molecule has 2 aromatic carbocycles. The summed E-state index contributed by atoms with van der Waals surface area (Å²) in [6.07, 6.45) is 1.42. The van der Waals surface area contributed by atoms with E-state index in [1.54, 1.807) is 17.4 Å². The number of aryl methyl sites for hydroxylation is 1. The van der Waals surface area contributed by atoms with E-state index in [2.05, 4.69) is 27.2 Å². The molecule has 0 bridgehead atoms. The second-order valence-electron chi connectivity index (χ2n) is 9.13. The van der Waals surface area contributed by atoms with Crippen molar-refractivity contribution < 1.29 is 18.8 Å². The third kappa shape index (κ3) is 3.63. The van der Waals surface area contributed by atoms with Crippen molar-refractivity contribution >= 4 is 17.3 Å². The highest BCUT2D eigenvalue weighted by atomic mass is 32.1. The van der Waals surface area contributed by atoms with Crippen LogP contribution in [0.15, 0.2) is 51.7 Å². The number of benzene rings is 2. The van der Waals surface area contributed by atoms with Gasteiger partial charge in [0.2, 0.25) is 5.82 Å². The molecule has 3 heterocycles. The highest BCUT2D eigenvalue weighted by molar-refractivity contribution is 7.08. The molecule has 6 rings (SSSR count). The molecular weight excluding hydrogens is 453 g/mol. The summed E-state index contributed by atoms with van der Waals surface area (Å²) in [6.45, 7) is 3.55. The van der Waals surface area contributed by atoms with Crippen LogP contribution in [0.1, 0.15) is 29.5 Å². The number of hydrogen-bond acceptors (Lipinski definition) is 6. The number of nitrogens with zero attached hydrogens (tertiary/aromatic N) is 3. The summed E-state index contributed by atoms with van der Waals surface area (Å²) in [6, 6.07) is 11.6. The molecule has 2 aromatic heterocycles. The molecule has 0 amide bonds. The summed E-state index contributed by atoms with van der Waals surface area (Å²) in [5.41, 5.74) is 6.31. The average molecular weight is 476 g/mol. The van der Waals surface area contributed by atoms with Crippen LogP contribution in [0.5, 0.6) is 0 Å². The van der Waals surface area contributed by atoms with E-state index in [1.165, 1.54) is 17.2 Å². The Morgan fingerprint density at radius 3 is 2.71 bits per heavy atom. The molecule has 2 aliphatic rings. The molecule has 1 aliphatic carbocycles. The Balaban J connectivity index is 1.22. The van der Waals surface area contributed by atoms with Gasteiger partial charge in [-0.2, -0.15) is 16.3 Å². The minimum absolute atomic E-state index is 0.156. The van der Waals surface area contributed by atoms with Gasteiger partial charge in [-0.15, -0.1) is 0 Å². The third-order valence-electron chi connectivity index (χ3n) is 6.99. The largest absolute Gasteiger partial charge is 0.481 e. The maximum absolute atomic E-state index is 15.0. The predicted molar refractivity (Wildman–Crippen MR) is 127 cm³/mol. The normalized spacial score (nSPS) is 19.7. The van der Waals surface area contributed by atoms with Crippen molar-refractivity contribution in [3.63, 3.8) is 0 Å². The average Bonchev–Trinajstić information content (AvgIpc) is 3.53. The van der Waals surface area contributed by atoms with E-state index in [0.717, 1.165) is 35.3 Å². The molecule has 0 radical (unpaired) electrons. The third-order valence-corrected chi connectivity index (χ3v) is 7.68. The molecule has 4 aromatic rings. The van der Waals surface area contributed by atoms with Gasteiger partial charge in [-0.05, 0) is 82.6 Å². The van der Waals surface area contributed by atoms with Crippen LogP contribution in [0, 0.1) is 18.7 Å². The van der Waals surface area contributed by atoms with Crippen molar-refractivity contribution in [1.29, 1.82) is 0 Å². The quantitative estimate of drug-likeness (QED) is 0.395. The lowest BCUT2D eigenvalue weighted by Crippen LogP contribution is -2.44. The van der Waals surface area contributed by atoms with Crippen molar-refractivity contribution in [2.75, 3.05) is 0 Å². The van der Waals surface area contributed by atoms with E-state index in [1.807, 2.05) is 29.8 Å². The van der Waals surface area contributed by atoms with Gasteiger partial charge in [0.15, 0.2) is 0 Å². The maximum Gasteiger partial charge on any atom is 0.306 e. The molecule has 1 saturated carbocycles. The Morgan fingerprint density at radius 1 is 1.12 bits per heavy atom. The van der Waals surface area contributed by atoms with Crippen LogP contribution in [0.4, 0.5) is 4.39 Å². The molecule has 8 heteroatoms. The number of rotatable bonds is 5. The topological polar surface area (TPSA) is 79.5 Å². The van der Waals surface area contributed by atoms with Gasteiger partial charge in [0, 0.05) is 24.7 Å². The summed E-state index contributed by atoms with van der Waals surface area (Å²) >= 11 is 1.58. The fraction of sp³-hybridized carbons (Fsp3) is 0.269. The number of aliphatic carboxylic acids is 1. The molecule has 0 spiro atoms. The van der Waals surface area contributed by atoms with Crippen LogP contribution in [0.25, 0.3) is 34.0 Å². The number of aromatic nitrogens is 2. The highest BCUT2D eigenvalue weighted by Crippen LogP contribution is 2.38. The van der Waals surface area contributed by atoms with Crippen LogP contribution in [-0.2, 0) is 17.9 Å². The minimum atomic E-state index is -0.698. The molecule has 6 nitrogen and oxygen atoms in total. The number of halogens is 1. The van der Waals surface area contributed by atoms with Gasteiger partial charge < -0.3 is 9.63 Å². The lowest BCUT2D eigenvalue weighted by atomic mass is 9.79. The zero-order valence-corrected chi connectivity index (χ0v) is 19.3. The van der Waals surface area contributed by atoms with Crippen molar-refractivity contribution in [2.24, 2.45) is 5.92 Å². The Morgan fingerprint density at radius 2 is 1.94 bits per heavy atom. The van der Waals surface area contributed by atoms with Gasteiger partial charge in [0.05, 0.1) is 11.5 Å². The fourth-order valence-electron chi connectivity index (χ4n) is 4.93. The summed E-state index contributed by atoms with van der Waals surface area (Å²) in [5.74, 6) is -0.735. The number of carbonyl (C=O) groups is 1. The SMILES string of the molecule is Cc1cc(-c2nc(-c3ccc4c(c3)CN([C@H]3C[C@H](C(=O)O)C3)C4)no2)c(F)cc1-c1ccsc1. The standard InChI is InChI=1S/C26H22FN3O3S/c1-14-6-22(23(27)10-21(14)17-4-5-34-13-17)25-28-24(29-33-25)15-2-3-16-11-30(12-19(16)7-15)20-8-18(9-20)26(31)32/h2-7,10,13,18,20H,8-9,11-12H2,1H3,(H,31,32)/t18-,20-. The lowest BCUT2D eigenvalue weighted by Gasteiger charge is -2.39. The monoisotopic (exact) mass is 475 g/mol. The van der Waals surface area contributed by atoms with Gasteiger partial charge in [-0.25, -0.2) is 4.39 Å². The van der Waals surface area contributed by atoms with Crippen LogP contribution < -0.4 is 0 Å². The molecule has 0 saturated heterocycles. The molecule has 172 valence electrons. The molecule has 0 atom stereocenters. The first kappa shape index (κ1) is 21.2. The minimum Gasteiger partial charge on any atom is -0.481 e. The molecule has 34 heavy (non-hydrogen) atoms. The summed E-state index contributed by atoms with van der Waals surface area (Å²) in [7, 11) is 0. The van der Waals surface area contributed by atoms with Crippen LogP contribution in [-0.4, -0.2) is 32.2 Å². The number of fused-ring (bicyclic) bond motifs is 1. The van der Waals surface area contributed by atoms with Gasteiger partial charge in [-0.3, -0.25) is 9.69 Å². The van der Waals surface area contributed by atoms with Gasteiger partial charge >= 0.3 is 5.97 Å². The van der Waals surface area contributed by atoms with E-state index in [-0.39, 0.29) is 11.8 Å². The Kier molecular flexibility index (Phi) is 5.08. The Hall–Kier alpha value is -3.36. The van der Waals surface area contributed by atoms with Crippen molar-refractivity contribution in [3.8, 4) is 34.0 Å². The van der Waals surface area contributed by atoms with E-state index >= 15 is 0 Å². The van der Waals surface area contributed by atoms with E-state index in [9.17, 15) is 9.18 Å². The van der Waals surface area contributed by atoms with E-state index < -0.39 is 11.8 Å². The first-order chi connectivity index (χ1) is 16.5. The van der Waals surface area contributed by atoms with Crippen LogP contribution in [0.3, 0.4) is 0 Å². The van der Waals surface area contributed by atoms with Crippen LogP contribution in [0.2, 0.25) is 0 Å². The summed E-state index contributed by atoms with van der Waals surface area (Å²) in [4.78, 5) is 17.9. The molecular formula is C26H22FN3O3S. The van der Waals surface area contributed by atoms with Crippen molar-refractivity contribution in [1.82, 2.24) is 15.0 Å². The zero-order valence-electron chi connectivity index (χ0n) is 18.5. The second kappa shape index (κ2) is 8.14. The molecule has 0 unspecified atom stereocenters. The first-order valence-corrected chi connectivity index (χ1v) is 12.2. The highest BCUT2D eigenvalue weighted by Gasteiger charge is 2.39. The summed E-state index contributed by atoms with van der Waals surface area (Å²) in [5, 5.41) is 17.2. The van der Waals surface area contributed by atoms with Gasteiger partial charge in [0.25, 0.3) is 5.89 Å². The predicted octanol–water partition coefficient (Wildman–Crippen LogP) is 5.76. The second-order valence-corrected chi connectivity index (χ2v) is 9.91. The molecule has 1 N–H and O–H groups in total. The zero-order chi connectivity index (χ0) is 23.4. The maximum atomic E-state index is 15.0. The van der Waals surface area contributed by atoms with Gasteiger partial charge in [-0.1, -0.05) is 17.3 Å².